The van der Waals surface area contributed by atoms with Crippen molar-refractivity contribution in [3.63, 3.8) is 0 Å². The second kappa shape index (κ2) is 11.2. The Hall–Kier alpha value is -1.78. The predicted molar refractivity (Wildman–Crippen MR) is 127 cm³/mol. The van der Waals surface area contributed by atoms with Gasteiger partial charge in [0.15, 0.2) is 13.0 Å². The largest absolute Gasteiger partial charge is 0.467 e. The highest BCUT2D eigenvalue weighted by Crippen LogP contribution is 2.50. The van der Waals surface area contributed by atoms with Crippen LogP contribution in [0.3, 0.4) is 0 Å². The minimum absolute atomic E-state index is 0.181. The van der Waals surface area contributed by atoms with E-state index in [1.165, 1.54) is 11.1 Å². The summed E-state index contributed by atoms with van der Waals surface area (Å²) in [7, 11) is -1.55. The molecule has 5 nitrogen and oxygen atoms in total. The molecule has 6 heteroatoms. The minimum atomic E-state index is -3.16. The van der Waals surface area contributed by atoms with Crippen molar-refractivity contribution in [1.29, 1.82) is 0 Å². The summed E-state index contributed by atoms with van der Waals surface area (Å²) in [5.74, 6) is 0.950. The number of rotatable bonds is 11. The van der Waals surface area contributed by atoms with Gasteiger partial charge in [0, 0.05) is 12.7 Å². The van der Waals surface area contributed by atoms with Crippen LogP contribution in [-0.4, -0.2) is 41.8 Å². The smallest absolute Gasteiger partial charge is 0.275 e. The number of ether oxygens (including phenoxy) is 2. The maximum Gasteiger partial charge on any atom is 0.275 e. The van der Waals surface area contributed by atoms with Crippen LogP contribution in [-0.2, 0) is 11.2 Å². The van der Waals surface area contributed by atoms with Crippen molar-refractivity contribution in [3.8, 4) is 5.75 Å². The summed E-state index contributed by atoms with van der Waals surface area (Å²) in [5, 5.41) is 0. The van der Waals surface area contributed by atoms with Gasteiger partial charge in [0.05, 0.1) is 0 Å². The average Bonchev–Trinajstić information content (AvgIpc) is 2.68. The lowest BCUT2D eigenvalue weighted by Gasteiger charge is -2.17. The Morgan fingerprint density at radius 1 is 1.10 bits per heavy atom. The third-order valence-corrected chi connectivity index (χ3v) is 7.36. The van der Waals surface area contributed by atoms with Crippen molar-refractivity contribution in [2.75, 3.05) is 26.2 Å². The number of carbonyl (C=O) groups is 1. The third-order valence-electron chi connectivity index (χ3n) is 5.41. The maximum atomic E-state index is 12.6. The van der Waals surface area contributed by atoms with Gasteiger partial charge in [0.1, 0.15) is 11.9 Å². The molecular formula is C25H36O5P+. The van der Waals surface area contributed by atoms with E-state index in [0.29, 0.717) is 17.9 Å². The zero-order chi connectivity index (χ0) is 23.2. The number of Topliss-reactive ketones (excluding diaryl/α,β-unsaturated/α-hetero) is 1. The molecule has 0 unspecified atom stereocenters. The first kappa shape index (κ1) is 25.5. The molecule has 2 rings (SSSR count). The summed E-state index contributed by atoms with van der Waals surface area (Å²) in [6.45, 7) is 10.4. The Balaban J connectivity index is 2.27. The standard InChI is InChI=1S/C25H36O5P/c1-7-10-31(27,28)15-24(26)21-11-18(4)23(19(5)12-21)14-20-8-9-25(30-16-29-6)22(13-20)17(2)3/h8-9,11-13,17,27-28H,7,10,14-16H2,1-6H3/q+1. The van der Waals surface area contributed by atoms with Gasteiger partial charge < -0.3 is 9.47 Å². The van der Waals surface area contributed by atoms with E-state index in [2.05, 4.69) is 26.0 Å². The van der Waals surface area contributed by atoms with E-state index in [9.17, 15) is 14.6 Å². The van der Waals surface area contributed by atoms with Crippen molar-refractivity contribution in [2.45, 2.75) is 53.4 Å². The molecule has 0 atom stereocenters. The molecule has 170 valence electrons. The first-order chi connectivity index (χ1) is 14.6. The third kappa shape index (κ3) is 7.11. The van der Waals surface area contributed by atoms with Crippen LogP contribution in [0.25, 0.3) is 0 Å². The summed E-state index contributed by atoms with van der Waals surface area (Å²) in [6.07, 6.45) is 1.51. The Morgan fingerprint density at radius 2 is 1.74 bits per heavy atom. The fourth-order valence-corrected chi connectivity index (χ4v) is 5.33. The molecule has 0 spiro atoms. The highest BCUT2D eigenvalue weighted by molar-refractivity contribution is 7.65. The zero-order valence-electron chi connectivity index (χ0n) is 19.6. The molecule has 0 radical (unpaired) electrons. The van der Waals surface area contributed by atoms with E-state index >= 15 is 0 Å². The first-order valence-corrected chi connectivity index (χ1v) is 12.8. The fraction of sp³-hybridized carbons (Fsp3) is 0.480. The van der Waals surface area contributed by atoms with Crippen LogP contribution in [0, 0.1) is 13.8 Å². The molecule has 0 aliphatic carbocycles. The van der Waals surface area contributed by atoms with E-state index in [4.69, 9.17) is 9.47 Å². The van der Waals surface area contributed by atoms with Gasteiger partial charge in [-0.2, -0.15) is 0 Å². The van der Waals surface area contributed by atoms with Crippen LogP contribution in [0.5, 0.6) is 5.75 Å². The molecule has 0 bridgehead atoms. The highest BCUT2D eigenvalue weighted by Gasteiger charge is 2.35. The summed E-state index contributed by atoms with van der Waals surface area (Å²) in [6, 6.07) is 9.97. The number of aryl methyl sites for hydroxylation is 2. The van der Waals surface area contributed by atoms with Gasteiger partial charge in [-0.25, -0.2) is 9.79 Å². The lowest BCUT2D eigenvalue weighted by Crippen LogP contribution is -2.13. The lowest BCUT2D eigenvalue weighted by molar-refractivity contribution is 0.0502. The van der Waals surface area contributed by atoms with Gasteiger partial charge in [-0.3, -0.25) is 4.79 Å². The Labute approximate surface area is 186 Å². The van der Waals surface area contributed by atoms with Crippen molar-refractivity contribution in [3.05, 3.63) is 63.7 Å². The molecule has 31 heavy (non-hydrogen) atoms. The number of ketones is 1. The van der Waals surface area contributed by atoms with Crippen LogP contribution in [0.4, 0.5) is 0 Å². The van der Waals surface area contributed by atoms with E-state index in [1.807, 2.05) is 39.0 Å². The summed E-state index contributed by atoms with van der Waals surface area (Å²) in [4.78, 5) is 32.9. The minimum Gasteiger partial charge on any atom is -0.467 e. The van der Waals surface area contributed by atoms with Gasteiger partial charge in [-0.1, -0.05) is 32.9 Å². The summed E-state index contributed by atoms with van der Waals surface area (Å²) in [5.41, 5.74) is 6.11. The molecule has 2 aromatic carbocycles. The molecule has 0 aromatic heterocycles. The van der Waals surface area contributed by atoms with Crippen molar-refractivity contribution in [2.24, 2.45) is 0 Å². The van der Waals surface area contributed by atoms with Crippen LogP contribution in [0.2, 0.25) is 0 Å². The Kier molecular flexibility index (Phi) is 9.20. The molecule has 0 amide bonds. The van der Waals surface area contributed by atoms with Crippen LogP contribution >= 0.6 is 7.72 Å². The van der Waals surface area contributed by atoms with Crippen LogP contribution < -0.4 is 4.74 Å². The first-order valence-electron chi connectivity index (χ1n) is 10.8. The molecule has 2 aromatic rings. The van der Waals surface area contributed by atoms with E-state index in [1.54, 1.807) is 7.11 Å². The Morgan fingerprint density at radius 3 is 2.29 bits per heavy atom. The van der Waals surface area contributed by atoms with Gasteiger partial charge in [-0.05, 0) is 78.6 Å². The maximum absolute atomic E-state index is 12.6. The summed E-state index contributed by atoms with van der Waals surface area (Å²) < 4.78 is 10.7. The molecular weight excluding hydrogens is 411 g/mol. The highest BCUT2D eigenvalue weighted by atomic mass is 31.2. The van der Waals surface area contributed by atoms with Crippen LogP contribution in [0.1, 0.15) is 71.3 Å². The van der Waals surface area contributed by atoms with Crippen molar-refractivity contribution >= 4 is 13.5 Å². The number of methoxy groups -OCH3 is 1. The lowest BCUT2D eigenvalue weighted by atomic mass is 9.91. The monoisotopic (exact) mass is 447 g/mol. The topological polar surface area (TPSA) is 76.0 Å². The number of hydrogen-bond acceptors (Lipinski definition) is 5. The van der Waals surface area contributed by atoms with Gasteiger partial charge in [0.2, 0.25) is 5.78 Å². The predicted octanol–water partition coefficient (Wildman–Crippen LogP) is 5.43. The van der Waals surface area contributed by atoms with E-state index < -0.39 is 7.72 Å². The molecule has 0 saturated heterocycles. The quantitative estimate of drug-likeness (QED) is 0.273. The van der Waals surface area contributed by atoms with Crippen molar-refractivity contribution in [1.82, 2.24) is 0 Å². The second-order valence-corrected chi connectivity index (χ2v) is 11.0. The molecule has 2 N–H and O–H groups in total. The molecule has 0 fully saturated rings. The van der Waals surface area contributed by atoms with Crippen LogP contribution in [0.15, 0.2) is 30.3 Å². The van der Waals surface area contributed by atoms with Crippen molar-refractivity contribution < 1.29 is 24.1 Å². The number of carbonyl (C=O) groups excluding carboxylic acids is 1. The van der Waals surface area contributed by atoms with E-state index in [0.717, 1.165) is 28.9 Å². The molecule has 0 saturated carbocycles. The van der Waals surface area contributed by atoms with E-state index in [-0.39, 0.29) is 24.9 Å². The fourth-order valence-electron chi connectivity index (χ4n) is 3.81. The number of benzene rings is 2. The van der Waals surface area contributed by atoms with Gasteiger partial charge in [-0.15, -0.1) is 0 Å². The SMILES string of the molecule is CCC[P+](O)(O)CC(=O)c1cc(C)c(Cc2ccc(OCOC)c(C(C)C)c2)c(C)c1. The average molecular weight is 448 g/mol. The summed E-state index contributed by atoms with van der Waals surface area (Å²) >= 11 is 0. The normalized spacial score (nSPS) is 11.8. The molecule has 0 aliphatic rings. The molecule has 0 aliphatic heterocycles. The second-order valence-electron chi connectivity index (χ2n) is 8.53. The van der Waals surface area contributed by atoms with Gasteiger partial charge in [0.25, 0.3) is 7.72 Å². The van der Waals surface area contributed by atoms with Gasteiger partial charge >= 0.3 is 0 Å². The zero-order valence-corrected chi connectivity index (χ0v) is 20.5. The Bertz CT molecular complexity index is 882. The molecule has 0 heterocycles. The number of hydrogen-bond donors (Lipinski definition) is 2.